The number of sulfone groups is 1. The van der Waals surface area contributed by atoms with Gasteiger partial charge in [0.1, 0.15) is 5.76 Å². The molecule has 1 amide bonds. The zero-order valence-corrected chi connectivity index (χ0v) is 32.3. The first kappa shape index (κ1) is 38.1. The molecule has 1 aliphatic heterocycles. The van der Waals surface area contributed by atoms with Gasteiger partial charge in [-0.15, -0.1) is 0 Å². The zero-order chi connectivity index (χ0) is 36.9. The van der Waals surface area contributed by atoms with Crippen LogP contribution in [0, 0.1) is 56.7 Å². The monoisotopic (exact) mass is 746 g/mol. The highest BCUT2D eigenvalue weighted by Crippen LogP contribution is 2.77. The highest BCUT2D eigenvalue weighted by Gasteiger charge is 2.72. The van der Waals surface area contributed by atoms with E-state index >= 15 is 0 Å². The molecule has 5 aliphatic carbocycles. The smallest absolute Gasteiger partial charge is 0.380 e. The fourth-order valence-electron chi connectivity index (χ4n) is 12.9. The van der Waals surface area contributed by atoms with Gasteiger partial charge in [-0.05, 0) is 117 Å². The van der Waals surface area contributed by atoms with Gasteiger partial charge in [-0.3, -0.25) is 9.69 Å². The van der Waals surface area contributed by atoms with Gasteiger partial charge in [0.2, 0.25) is 5.91 Å². The summed E-state index contributed by atoms with van der Waals surface area (Å²) < 4.78 is 92.8. The second kappa shape index (κ2) is 12.2. The van der Waals surface area contributed by atoms with Crippen LogP contribution < -0.4 is 5.32 Å². The highest BCUT2D eigenvalue weighted by atomic mass is 32.2. The van der Waals surface area contributed by atoms with E-state index in [1.807, 2.05) is 13.8 Å². The fourth-order valence-corrected chi connectivity index (χ4v) is 14.8. The minimum Gasteiger partial charge on any atom is -0.380 e. The van der Waals surface area contributed by atoms with Crippen LogP contribution in [0.3, 0.4) is 0 Å². The van der Waals surface area contributed by atoms with Crippen molar-refractivity contribution in [3.05, 3.63) is 24.0 Å². The van der Waals surface area contributed by atoms with E-state index in [-0.39, 0.29) is 63.1 Å². The second-order valence-electron chi connectivity index (χ2n) is 18.1. The number of alkyl halides is 3. The number of hydrogen-bond donors (Lipinski definition) is 1. The Morgan fingerprint density at radius 1 is 0.980 bits per heavy atom. The number of amides is 1. The van der Waals surface area contributed by atoms with E-state index < -0.39 is 36.3 Å². The van der Waals surface area contributed by atoms with Crippen molar-refractivity contribution in [2.24, 2.45) is 56.7 Å². The molecule has 0 unspecified atom stereocenters. The molecular weight excluding hydrogens is 690 g/mol. The van der Waals surface area contributed by atoms with Crippen molar-refractivity contribution in [1.82, 2.24) is 10.2 Å². The molecule has 6 aliphatic rings. The molecule has 8 nitrogen and oxygen atoms in total. The summed E-state index contributed by atoms with van der Waals surface area (Å²) in [7, 11) is -8.74. The molecule has 0 spiro atoms. The lowest BCUT2D eigenvalue weighted by Crippen LogP contribution is -2.66. The van der Waals surface area contributed by atoms with Crippen LogP contribution in [0.2, 0.25) is 0 Å². The lowest BCUT2D eigenvalue weighted by atomic mass is 9.32. The Kier molecular flexibility index (Phi) is 9.32. The second-order valence-corrected chi connectivity index (χ2v) is 21.9. The lowest BCUT2D eigenvalue weighted by Gasteiger charge is -2.72. The number of rotatable bonds is 7. The maximum absolute atomic E-state index is 14.4. The van der Waals surface area contributed by atoms with Gasteiger partial charge in [0.15, 0.2) is 9.84 Å². The number of halogens is 3. The van der Waals surface area contributed by atoms with E-state index in [0.29, 0.717) is 38.5 Å². The van der Waals surface area contributed by atoms with Gasteiger partial charge < -0.3 is 9.50 Å². The predicted octanol–water partition coefficient (Wildman–Crippen LogP) is 6.85. The molecule has 0 radical (unpaired) electrons. The van der Waals surface area contributed by atoms with Crippen molar-refractivity contribution < 1.29 is 39.0 Å². The number of carbonyl (C=O) groups excluding carboxylic acids is 1. The van der Waals surface area contributed by atoms with E-state index in [4.69, 9.17) is 4.18 Å². The van der Waals surface area contributed by atoms with E-state index in [9.17, 15) is 34.8 Å². The number of carbonyl (C=O) groups is 1. The number of nitrogens with one attached hydrogen (secondary N) is 1. The first-order valence-corrected chi connectivity index (χ1v) is 21.8. The summed E-state index contributed by atoms with van der Waals surface area (Å²) in [6.45, 7) is 19.4. The van der Waals surface area contributed by atoms with Crippen molar-refractivity contribution in [2.75, 3.05) is 37.7 Å². The Bertz CT molecular complexity index is 1650. The van der Waals surface area contributed by atoms with E-state index in [1.54, 1.807) is 6.08 Å². The number of nitrogens with zero attached hydrogens (tertiary/aromatic N) is 1. The van der Waals surface area contributed by atoms with Gasteiger partial charge in [-0.1, -0.05) is 46.8 Å². The van der Waals surface area contributed by atoms with Gasteiger partial charge in [-0.2, -0.15) is 21.6 Å². The van der Waals surface area contributed by atoms with Crippen LogP contribution in [0.15, 0.2) is 24.0 Å². The van der Waals surface area contributed by atoms with Gasteiger partial charge >= 0.3 is 15.6 Å². The minimum atomic E-state index is -5.77. The van der Waals surface area contributed by atoms with Crippen molar-refractivity contribution in [1.29, 1.82) is 0 Å². The van der Waals surface area contributed by atoms with Gasteiger partial charge in [0, 0.05) is 31.6 Å². The Hall–Kier alpha value is -1.60. The first-order chi connectivity index (χ1) is 23.0. The van der Waals surface area contributed by atoms with E-state index in [1.165, 1.54) is 0 Å². The Morgan fingerprint density at radius 2 is 1.64 bits per heavy atom. The van der Waals surface area contributed by atoms with Crippen LogP contribution in [0.4, 0.5) is 13.2 Å². The van der Waals surface area contributed by atoms with Crippen LogP contribution in [-0.2, 0) is 28.9 Å². The molecule has 0 aromatic carbocycles. The van der Waals surface area contributed by atoms with Crippen LogP contribution in [0.25, 0.3) is 0 Å². The number of allylic oxidation sites excluding steroid dienone is 3. The molecule has 1 heterocycles. The van der Waals surface area contributed by atoms with Crippen molar-refractivity contribution in [2.45, 2.75) is 105 Å². The van der Waals surface area contributed by atoms with Crippen molar-refractivity contribution >= 4 is 25.9 Å². The molecule has 50 heavy (non-hydrogen) atoms. The first-order valence-electron chi connectivity index (χ1n) is 18.5. The summed E-state index contributed by atoms with van der Waals surface area (Å²) in [6.07, 6.45) is 9.09. The van der Waals surface area contributed by atoms with Gasteiger partial charge in [0.05, 0.1) is 16.9 Å². The fraction of sp³-hybridized carbons (Fsp3) is 0.865. The maximum Gasteiger partial charge on any atom is 0.534 e. The average molecular weight is 747 g/mol. The molecule has 0 bridgehead atoms. The molecule has 284 valence electrons. The molecule has 6 rings (SSSR count). The zero-order valence-electron chi connectivity index (χ0n) is 30.6. The van der Waals surface area contributed by atoms with Gasteiger partial charge in [0.25, 0.3) is 0 Å². The normalized spacial score (nSPS) is 42.6. The summed E-state index contributed by atoms with van der Waals surface area (Å²) in [5, 5.41) is 3.31. The van der Waals surface area contributed by atoms with Crippen LogP contribution in [-0.4, -0.2) is 70.8 Å². The minimum absolute atomic E-state index is 0.0558. The van der Waals surface area contributed by atoms with Crippen LogP contribution >= 0.6 is 0 Å². The maximum atomic E-state index is 14.4. The summed E-state index contributed by atoms with van der Waals surface area (Å²) >= 11 is 0. The Morgan fingerprint density at radius 3 is 2.26 bits per heavy atom. The third-order valence-corrected chi connectivity index (χ3v) is 18.2. The molecule has 9 atom stereocenters. The van der Waals surface area contributed by atoms with Crippen LogP contribution in [0.1, 0.15) is 99.3 Å². The van der Waals surface area contributed by atoms with E-state index in [2.05, 4.69) is 44.5 Å². The third-order valence-electron chi connectivity index (χ3n) is 15.7. The topological polar surface area (TPSA) is 110 Å². The molecule has 4 saturated carbocycles. The molecule has 5 fully saturated rings. The molecule has 0 aromatic rings. The van der Waals surface area contributed by atoms with Crippen molar-refractivity contribution in [3.63, 3.8) is 0 Å². The summed E-state index contributed by atoms with van der Waals surface area (Å²) in [5.41, 5.74) is -6.15. The largest absolute Gasteiger partial charge is 0.534 e. The summed E-state index contributed by atoms with van der Waals surface area (Å²) in [5.74, 6) is 1.28. The molecular formula is C37H57F3N2O6S2. The number of fused-ring (bicyclic) bond motifs is 7. The third kappa shape index (κ3) is 5.71. The SMILES string of the molecule is C=C(C)[C@@H]1CC[C@]2(C(=O)NCCN3CCS(=O)(=O)CC3)CC[C@]3(C)[C@H](CC[C@@H]4[C@@]5(C)CC=C(OS(=O)(=O)C(F)(F)F)C(C)(C)[C@@H]5CC[C@]43C)[C@@H]12. The molecule has 1 saturated heterocycles. The van der Waals surface area contributed by atoms with Crippen LogP contribution in [0.5, 0.6) is 0 Å². The predicted molar refractivity (Wildman–Crippen MR) is 187 cm³/mol. The summed E-state index contributed by atoms with van der Waals surface area (Å²) in [4.78, 5) is 16.5. The average Bonchev–Trinajstić information content (AvgIpc) is 3.41. The van der Waals surface area contributed by atoms with Crippen molar-refractivity contribution in [3.8, 4) is 0 Å². The molecule has 1 N–H and O–H groups in total. The molecule has 13 heteroatoms. The summed E-state index contributed by atoms with van der Waals surface area (Å²) in [6, 6.07) is 0. The van der Waals surface area contributed by atoms with Gasteiger partial charge in [-0.25, -0.2) is 8.42 Å². The highest BCUT2D eigenvalue weighted by molar-refractivity contribution is 7.91. The number of hydrogen-bond acceptors (Lipinski definition) is 7. The van der Waals surface area contributed by atoms with E-state index in [0.717, 1.165) is 56.9 Å². The lowest BCUT2D eigenvalue weighted by molar-refractivity contribution is -0.228. The Labute approximate surface area is 297 Å². The molecule has 0 aromatic heterocycles. The Balaban J connectivity index is 1.25. The standard InChI is InChI=1S/C37H57F3N2O6S2/c1-24(2)25-10-15-36(31(43)41-18-19-42-20-22-49(44,45)23-21-42)17-16-34(6)26(30(25)36)8-9-28-33(5)13-12-29(48-50(46,47)37(38,39)40)32(3,4)27(33)11-14-35(28,34)7/h12,25-28,30H,1,8-11,13-23H2,2-7H3,(H,41,43)/t25-,26+,27-,28+,30+,33-,34+,35+,36-/m0/s1. The quantitative estimate of drug-likeness (QED) is 0.173.